The summed E-state index contributed by atoms with van der Waals surface area (Å²) in [5.74, 6) is 1.02. The molecule has 1 nitrogen and oxygen atoms in total. The molecule has 1 aromatic rings. The Labute approximate surface area is 84.9 Å². The Morgan fingerprint density at radius 1 is 1.23 bits per heavy atom. The van der Waals surface area contributed by atoms with Gasteiger partial charge in [-0.3, -0.25) is 0 Å². The zero-order valence-electron chi connectivity index (χ0n) is 8.13. The predicted octanol–water partition coefficient (Wildman–Crippen LogP) is 3.04. The first-order chi connectivity index (χ1) is 6.15. The number of halogens is 1. The molecule has 72 valence electrons. The van der Waals surface area contributed by atoms with Gasteiger partial charge in [0.05, 0.1) is 0 Å². The molecular weight excluding hydrogens is 182 g/mol. The van der Waals surface area contributed by atoms with Crippen molar-refractivity contribution in [1.82, 2.24) is 0 Å². The Bertz CT molecular complexity index is 253. The molecule has 1 aromatic carbocycles. The number of hydrogen-bond donors (Lipinski definition) is 1. The molecule has 0 aliphatic carbocycles. The fourth-order valence-electron chi connectivity index (χ4n) is 1.50. The normalized spacial score (nSPS) is 13.3. The van der Waals surface area contributed by atoms with Crippen LogP contribution >= 0.6 is 11.6 Å². The van der Waals surface area contributed by atoms with Crippen LogP contribution in [-0.4, -0.2) is 6.54 Å². The molecule has 0 heterocycles. The zero-order valence-corrected chi connectivity index (χ0v) is 8.88. The van der Waals surface area contributed by atoms with E-state index in [1.807, 2.05) is 12.1 Å². The number of rotatable bonds is 3. The Morgan fingerprint density at radius 3 is 2.15 bits per heavy atom. The lowest BCUT2D eigenvalue weighted by Gasteiger charge is -2.19. The molecule has 0 aliphatic heterocycles. The maximum atomic E-state index is 5.81. The van der Waals surface area contributed by atoms with Crippen LogP contribution in [0, 0.1) is 5.92 Å². The van der Waals surface area contributed by atoms with Gasteiger partial charge in [-0.05, 0) is 36.1 Å². The Hall–Kier alpha value is -0.530. The highest BCUT2D eigenvalue weighted by atomic mass is 35.5. The lowest BCUT2D eigenvalue weighted by Crippen LogP contribution is -2.17. The zero-order chi connectivity index (χ0) is 9.84. The van der Waals surface area contributed by atoms with Gasteiger partial charge in [0.1, 0.15) is 0 Å². The van der Waals surface area contributed by atoms with Crippen molar-refractivity contribution in [2.45, 2.75) is 19.8 Å². The summed E-state index contributed by atoms with van der Waals surface area (Å²) in [5, 5.41) is 0.781. The number of nitrogens with two attached hydrogens (primary N) is 1. The van der Waals surface area contributed by atoms with E-state index in [9.17, 15) is 0 Å². The largest absolute Gasteiger partial charge is 0.330 e. The van der Waals surface area contributed by atoms with Crippen molar-refractivity contribution in [2.75, 3.05) is 6.54 Å². The van der Waals surface area contributed by atoms with Crippen molar-refractivity contribution in [3.63, 3.8) is 0 Å². The van der Waals surface area contributed by atoms with Crippen LogP contribution in [0.4, 0.5) is 0 Å². The molecule has 0 unspecified atom stereocenters. The average Bonchev–Trinajstić information content (AvgIpc) is 2.09. The molecule has 0 saturated carbocycles. The minimum absolute atomic E-state index is 0.442. The third-order valence-corrected chi connectivity index (χ3v) is 2.61. The second kappa shape index (κ2) is 4.64. The molecule has 0 amide bonds. The van der Waals surface area contributed by atoms with Crippen molar-refractivity contribution in [2.24, 2.45) is 11.7 Å². The third-order valence-electron chi connectivity index (χ3n) is 2.36. The monoisotopic (exact) mass is 197 g/mol. The quantitative estimate of drug-likeness (QED) is 0.792. The first-order valence-corrected chi connectivity index (χ1v) is 4.98. The van der Waals surface area contributed by atoms with E-state index in [0.29, 0.717) is 18.4 Å². The lowest BCUT2D eigenvalue weighted by atomic mass is 9.89. The number of benzene rings is 1. The first kappa shape index (κ1) is 10.6. The average molecular weight is 198 g/mol. The molecule has 0 saturated heterocycles. The molecule has 0 radical (unpaired) electrons. The SMILES string of the molecule is CC(C)[C@@H](CN)c1ccc(Cl)cc1. The summed E-state index contributed by atoms with van der Waals surface area (Å²) in [6.45, 7) is 5.07. The maximum absolute atomic E-state index is 5.81. The van der Waals surface area contributed by atoms with Gasteiger partial charge in [-0.25, -0.2) is 0 Å². The topological polar surface area (TPSA) is 26.0 Å². The molecule has 0 spiro atoms. The lowest BCUT2D eigenvalue weighted by molar-refractivity contribution is 0.506. The van der Waals surface area contributed by atoms with Crippen LogP contribution < -0.4 is 5.73 Å². The molecule has 1 atom stereocenters. The van der Waals surface area contributed by atoms with Gasteiger partial charge in [0.2, 0.25) is 0 Å². The highest BCUT2D eigenvalue weighted by Crippen LogP contribution is 2.24. The van der Waals surface area contributed by atoms with Crippen molar-refractivity contribution in [3.05, 3.63) is 34.9 Å². The summed E-state index contributed by atoms with van der Waals surface area (Å²) in [7, 11) is 0. The van der Waals surface area contributed by atoms with Gasteiger partial charge in [0, 0.05) is 5.02 Å². The summed E-state index contributed by atoms with van der Waals surface area (Å²) in [5.41, 5.74) is 6.99. The maximum Gasteiger partial charge on any atom is 0.0406 e. The summed E-state index contributed by atoms with van der Waals surface area (Å²) in [6.07, 6.45) is 0. The first-order valence-electron chi connectivity index (χ1n) is 4.60. The van der Waals surface area contributed by atoms with Crippen LogP contribution in [0.3, 0.4) is 0 Å². The Kier molecular flexibility index (Phi) is 3.76. The minimum Gasteiger partial charge on any atom is -0.330 e. The minimum atomic E-state index is 0.442. The van der Waals surface area contributed by atoms with E-state index in [-0.39, 0.29) is 0 Å². The van der Waals surface area contributed by atoms with Crippen LogP contribution in [0.2, 0.25) is 5.02 Å². The van der Waals surface area contributed by atoms with E-state index in [1.165, 1.54) is 5.56 Å². The van der Waals surface area contributed by atoms with Crippen LogP contribution in [0.5, 0.6) is 0 Å². The standard InChI is InChI=1S/C11H16ClN/c1-8(2)11(7-13)9-3-5-10(12)6-4-9/h3-6,8,11H,7,13H2,1-2H3/t11-/m1/s1. The Morgan fingerprint density at radius 2 is 1.77 bits per heavy atom. The van der Waals surface area contributed by atoms with Crippen LogP contribution in [0.15, 0.2) is 24.3 Å². The second-order valence-electron chi connectivity index (χ2n) is 3.64. The van der Waals surface area contributed by atoms with Gasteiger partial charge in [0.25, 0.3) is 0 Å². The van der Waals surface area contributed by atoms with Gasteiger partial charge < -0.3 is 5.73 Å². The van der Waals surface area contributed by atoms with Crippen LogP contribution in [0.1, 0.15) is 25.3 Å². The van der Waals surface area contributed by atoms with Crippen LogP contribution in [-0.2, 0) is 0 Å². The molecule has 2 heteroatoms. The predicted molar refractivity (Wildman–Crippen MR) is 58.1 cm³/mol. The van der Waals surface area contributed by atoms with E-state index in [0.717, 1.165) is 5.02 Å². The van der Waals surface area contributed by atoms with Gasteiger partial charge in [-0.1, -0.05) is 37.6 Å². The fraction of sp³-hybridized carbons (Fsp3) is 0.455. The molecule has 0 aliphatic rings. The smallest absolute Gasteiger partial charge is 0.0406 e. The molecule has 2 N–H and O–H groups in total. The van der Waals surface area contributed by atoms with E-state index in [1.54, 1.807) is 0 Å². The summed E-state index contributed by atoms with van der Waals surface area (Å²) in [4.78, 5) is 0. The molecule has 0 aromatic heterocycles. The van der Waals surface area contributed by atoms with Crippen molar-refractivity contribution >= 4 is 11.6 Å². The van der Waals surface area contributed by atoms with Crippen molar-refractivity contribution in [3.8, 4) is 0 Å². The highest BCUT2D eigenvalue weighted by Gasteiger charge is 2.13. The van der Waals surface area contributed by atoms with Gasteiger partial charge in [-0.15, -0.1) is 0 Å². The van der Waals surface area contributed by atoms with E-state index in [4.69, 9.17) is 17.3 Å². The molecule has 0 fully saturated rings. The molecule has 1 rings (SSSR count). The Balaban J connectivity index is 2.86. The second-order valence-corrected chi connectivity index (χ2v) is 4.07. The van der Waals surface area contributed by atoms with E-state index < -0.39 is 0 Å². The fourth-order valence-corrected chi connectivity index (χ4v) is 1.63. The summed E-state index contributed by atoms with van der Waals surface area (Å²) >= 11 is 5.81. The summed E-state index contributed by atoms with van der Waals surface area (Å²) in [6, 6.07) is 7.95. The molecular formula is C11H16ClN. The molecule has 0 bridgehead atoms. The highest BCUT2D eigenvalue weighted by molar-refractivity contribution is 6.30. The summed E-state index contributed by atoms with van der Waals surface area (Å²) < 4.78 is 0. The third kappa shape index (κ3) is 2.71. The van der Waals surface area contributed by atoms with Crippen molar-refractivity contribution in [1.29, 1.82) is 0 Å². The van der Waals surface area contributed by atoms with Gasteiger partial charge in [-0.2, -0.15) is 0 Å². The van der Waals surface area contributed by atoms with Gasteiger partial charge in [0.15, 0.2) is 0 Å². The van der Waals surface area contributed by atoms with E-state index in [2.05, 4.69) is 26.0 Å². The van der Waals surface area contributed by atoms with E-state index >= 15 is 0 Å². The number of hydrogen-bond acceptors (Lipinski definition) is 1. The van der Waals surface area contributed by atoms with Crippen LogP contribution in [0.25, 0.3) is 0 Å². The molecule has 13 heavy (non-hydrogen) atoms. The van der Waals surface area contributed by atoms with Gasteiger partial charge >= 0.3 is 0 Å². The van der Waals surface area contributed by atoms with Crippen molar-refractivity contribution < 1.29 is 0 Å².